The first-order chi connectivity index (χ1) is 8.80. The molecule has 0 aliphatic carbocycles. The average molecular weight is 327 g/mol. The van der Waals surface area contributed by atoms with Gasteiger partial charge in [0.2, 0.25) is 0 Å². The summed E-state index contributed by atoms with van der Waals surface area (Å²) < 4.78 is 61.4. The van der Waals surface area contributed by atoms with Crippen LogP contribution in [0.4, 0.5) is 25.2 Å². The van der Waals surface area contributed by atoms with Gasteiger partial charge in [-0.2, -0.15) is 0 Å². The zero-order valence-corrected chi connectivity index (χ0v) is 12.2. The summed E-state index contributed by atoms with van der Waals surface area (Å²) in [6.07, 6.45) is 6.75. The number of rotatable bonds is 3. The number of nitrogens with zero attached hydrogens (tertiary/aromatic N) is 1. The van der Waals surface area contributed by atoms with Gasteiger partial charge in [-0.15, -0.1) is 0 Å². The third kappa shape index (κ3) is 36.0. The fraction of sp³-hybridized carbons (Fsp3) is 0.545. The van der Waals surface area contributed by atoms with Crippen LogP contribution in [0.25, 0.3) is 0 Å². The third-order valence-electron chi connectivity index (χ3n) is 1.55. The number of aliphatic hydroxyl groups is 1. The van der Waals surface area contributed by atoms with Crippen molar-refractivity contribution >= 4 is 7.81 Å². The van der Waals surface area contributed by atoms with Gasteiger partial charge in [0.1, 0.15) is 6.54 Å². The predicted octanol–water partition coefficient (Wildman–Crippen LogP) is 5.16. The van der Waals surface area contributed by atoms with Gasteiger partial charge in [0.05, 0.1) is 0 Å². The van der Waals surface area contributed by atoms with Crippen LogP contribution in [0.2, 0.25) is 0 Å². The molecule has 9 heteroatoms. The number of aromatic nitrogens is 1. The zero-order valence-electron chi connectivity index (χ0n) is 11.3. The Morgan fingerprint density at radius 3 is 1.55 bits per heavy atom. The molecule has 0 aliphatic rings. The summed E-state index contributed by atoms with van der Waals surface area (Å²) in [7, 11) is -10.7. The normalized spacial score (nSPS) is 13.8. The summed E-state index contributed by atoms with van der Waals surface area (Å²) in [6, 6.07) is 6.17. The maximum absolute atomic E-state index is 10.7. The van der Waals surface area contributed by atoms with E-state index in [2.05, 4.69) is 36.0 Å². The summed E-state index contributed by atoms with van der Waals surface area (Å²) >= 11 is 0. The van der Waals surface area contributed by atoms with Crippen molar-refractivity contribution < 1.29 is 34.9 Å². The van der Waals surface area contributed by atoms with Crippen LogP contribution in [-0.4, -0.2) is 11.7 Å². The summed E-state index contributed by atoms with van der Waals surface area (Å²) in [6.45, 7) is 5.29. The molecule has 20 heavy (non-hydrogen) atoms. The summed E-state index contributed by atoms with van der Waals surface area (Å²) in [4.78, 5) is 0. The number of aryl methyl sites for hydroxylation is 1. The molecule has 1 rings (SSSR count). The number of aliphatic hydroxyl groups excluding tert-OH is 1. The van der Waals surface area contributed by atoms with Crippen molar-refractivity contribution in [2.75, 3.05) is 6.61 Å². The minimum absolute atomic E-state index is 0.250. The number of hydrogen-bond acceptors (Lipinski definition) is 1. The van der Waals surface area contributed by atoms with E-state index in [0.717, 1.165) is 6.54 Å². The van der Waals surface area contributed by atoms with Gasteiger partial charge < -0.3 is 5.11 Å². The van der Waals surface area contributed by atoms with Gasteiger partial charge in [0.15, 0.2) is 12.4 Å². The molecule has 0 atom stereocenters. The number of pyridine rings is 1. The minimum atomic E-state index is -10.7. The van der Waals surface area contributed by atoms with Crippen LogP contribution in [0.5, 0.6) is 0 Å². The maximum atomic E-state index is 9.87. The van der Waals surface area contributed by atoms with Gasteiger partial charge in [0, 0.05) is 25.2 Å². The monoisotopic (exact) mass is 327 g/mol. The zero-order chi connectivity index (χ0) is 16.3. The van der Waals surface area contributed by atoms with Crippen molar-refractivity contribution in [1.29, 1.82) is 0 Å². The molecule has 1 N–H and O–H groups in total. The second-order valence-electron chi connectivity index (χ2n) is 3.74. The molecule has 0 bridgehead atoms. The van der Waals surface area contributed by atoms with Crippen LogP contribution in [0.1, 0.15) is 26.7 Å². The summed E-state index contributed by atoms with van der Waals surface area (Å²) in [5, 5.41) is 7.57. The molecule has 1 aromatic rings. The van der Waals surface area contributed by atoms with Gasteiger partial charge in [-0.3, -0.25) is 0 Å². The van der Waals surface area contributed by atoms with Gasteiger partial charge in [-0.25, -0.2) is 4.57 Å². The molecule has 122 valence electrons. The van der Waals surface area contributed by atoms with Crippen molar-refractivity contribution in [2.45, 2.75) is 33.2 Å². The molecule has 0 unspecified atom stereocenters. The van der Waals surface area contributed by atoms with E-state index >= 15 is 0 Å². The van der Waals surface area contributed by atoms with E-state index in [9.17, 15) is 25.2 Å². The Hall–Kier alpha value is -0.880. The van der Waals surface area contributed by atoms with Crippen LogP contribution < -0.4 is 4.57 Å². The SMILES string of the molecule is CCCC[n+]1ccccc1.CCO.F[P-](F)(F)(F)(F)F. The molecule has 0 saturated carbocycles. The van der Waals surface area contributed by atoms with Crippen LogP contribution in [0, 0.1) is 0 Å². The molecule has 0 aromatic carbocycles. The van der Waals surface area contributed by atoms with Crippen molar-refractivity contribution in [3.8, 4) is 0 Å². The van der Waals surface area contributed by atoms with E-state index < -0.39 is 7.81 Å². The van der Waals surface area contributed by atoms with E-state index in [1.807, 2.05) is 6.07 Å². The fourth-order valence-electron chi connectivity index (χ4n) is 0.924. The van der Waals surface area contributed by atoms with Crippen LogP contribution in [0.3, 0.4) is 0 Å². The second-order valence-corrected chi connectivity index (χ2v) is 5.66. The molecule has 0 spiro atoms. The fourth-order valence-corrected chi connectivity index (χ4v) is 0.924. The quantitative estimate of drug-likeness (QED) is 0.463. The Morgan fingerprint density at radius 2 is 1.25 bits per heavy atom. The second kappa shape index (κ2) is 7.78. The molecule has 0 fully saturated rings. The Kier molecular flexibility index (Phi) is 8.34. The van der Waals surface area contributed by atoms with E-state index in [4.69, 9.17) is 5.11 Å². The number of hydrogen-bond donors (Lipinski definition) is 1. The van der Waals surface area contributed by atoms with Gasteiger partial charge in [0.25, 0.3) is 0 Å². The molecule has 0 aliphatic heterocycles. The first kappa shape index (κ1) is 21.4. The number of halogens is 6. The molecule has 0 radical (unpaired) electrons. The number of unbranched alkanes of at least 4 members (excludes halogenated alkanes) is 1. The van der Waals surface area contributed by atoms with Crippen LogP contribution in [0.15, 0.2) is 30.6 Å². The van der Waals surface area contributed by atoms with E-state index in [1.165, 1.54) is 12.8 Å². The Balaban J connectivity index is 0. The van der Waals surface area contributed by atoms with Crippen molar-refractivity contribution in [1.82, 2.24) is 0 Å². The van der Waals surface area contributed by atoms with Crippen molar-refractivity contribution in [2.24, 2.45) is 0 Å². The molecule has 1 aromatic heterocycles. The molecule has 0 amide bonds. The predicted molar refractivity (Wildman–Crippen MR) is 67.9 cm³/mol. The van der Waals surface area contributed by atoms with E-state index in [-0.39, 0.29) is 6.61 Å². The summed E-state index contributed by atoms with van der Waals surface area (Å²) in [5.74, 6) is 0. The van der Waals surface area contributed by atoms with Gasteiger partial charge in [-0.1, -0.05) is 19.4 Å². The third-order valence-corrected chi connectivity index (χ3v) is 1.55. The summed E-state index contributed by atoms with van der Waals surface area (Å²) in [5.41, 5.74) is 0. The van der Waals surface area contributed by atoms with Gasteiger partial charge in [-0.05, 0) is 6.92 Å². The van der Waals surface area contributed by atoms with Crippen LogP contribution >= 0.6 is 7.81 Å². The molecule has 1 heterocycles. The molecule has 2 nitrogen and oxygen atoms in total. The van der Waals surface area contributed by atoms with Crippen molar-refractivity contribution in [3.05, 3.63) is 30.6 Å². The first-order valence-electron chi connectivity index (χ1n) is 5.91. The Morgan fingerprint density at radius 1 is 0.900 bits per heavy atom. The Labute approximate surface area is 114 Å². The molecule has 0 saturated heterocycles. The van der Waals surface area contributed by atoms with E-state index in [1.54, 1.807) is 6.92 Å². The first-order valence-corrected chi connectivity index (χ1v) is 7.94. The van der Waals surface area contributed by atoms with Crippen LogP contribution in [-0.2, 0) is 6.54 Å². The molecular formula is C11H20F6NOP. The average Bonchev–Trinajstić information content (AvgIpc) is 2.25. The molecular weight excluding hydrogens is 307 g/mol. The van der Waals surface area contributed by atoms with E-state index in [0.29, 0.717) is 0 Å². The van der Waals surface area contributed by atoms with Crippen molar-refractivity contribution in [3.63, 3.8) is 0 Å². The topological polar surface area (TPSA) is 24.1 Å². The Bertz CT molecular complexity index is 341. The van der Waals surface area contributed by atoms with Gasteiger partial charge >= 0.3 is 33.0 Å². The standard InChI is InChI=1S/C9H14N.C2H6O.F6P/c1-2-3-7-10-8-5-4-6-9-10;1-2-3;1-7(2,3,4,5)6/h4-6,8-9H,2-3,7H2,1H3;3H,2H2,1H3;/q+1;;-1.